The van der Waals surface area contributed by atoms with Crippen molar-refractivity contribution in [2.24, 2.45) is 0 Å². The molecule has 1 saturated heterocycles. The molecule has 2 nitrogen and oxygen atoms in total. The third-order valence-corrected chi connectivity index (χ3v) is 4.38. The summed E-state index contributed by atoms with van der Waals surface area (Å²) in [6.45, 7) is 6.81. The van der Waals surface area contributed by atoms with Crippen LogP contribution < -0.4 is 5.32 Å². The zero-order valence-corrected chi connectivity index (χ0v) is 10.4. The summed E-state index contributed by atoms with van der Waals surface area (Å²) in [7, 11) is 0. The lowest BCUT2D eigenvalue weighted by atomic mass is 10.0. The van der Waals surface area contributed by atoms with Gasteiger partial charge in [-0.2, -0.15) is 11.8 Å². The van der Waals surface area contributed by atoms with Crippen molar-refractivity contribution in [2.75, 3.05) is 12.3 Å². The predicted octanol–water partition coefficient (Wildman–Crippen LogP) is 2.02. The third-order valence-electron chi connectivity index (χ3n) is 2.99. The van der Waals surface area contributed by atoms with Gasteiger partial charge >= 0.3 is 0 Å². The molecule has 0 aromatic rings. The van der Waals surface area contributed by atoms with Crippen molar-refractivity contribution in [1.82, 2.24) is 5.32 Å². The molecule has 1 rings (SSSR count). The number of hydrogen-bond donors (Lipinski definition) is 2. The minimum Gasteiger partial charge on any atom is -0.389 e. The van der Waals surface area contributed by atoms with E-state index in [1.54, 1.807) is 0 Å². The van der Waals surface area contributed by atoms with Crippen molar-refractivity contribution in [3.63, 3.8) is 0 Å². The molecular formula is C11H23NOS. The fraction of sp³-hybridized carbons (Fsp3) is 1.00. The Kier molecular flexibility index (Phi) is 4.74. The molecule has 0 aromatic carbocycles. The Morgan fingerprint density at radius 3 is 2.71 bits per heavy atom. The number of nitrogens with one attached hydrogen (secondary N) is 1. The maximum Gasteiger partial charge on any atom is 0.0741 e. The molecule has 0 saturated carbocycles. The topological polar surface area (TPSA) is 32.3 Å². The van der Waals surface area contributed by atoms with Gasteiger partial charge in [-0.3, -0.25) is 0 Å². The summed E-state index contributed by atoms with van der Waals surface area (Å²) in [5.41, 5.74) is -0.612. The molecule has 14 heavy (non-hydrogen) atoms. The van der Waals surface area contributed by atoms with Gasteiger partial charge in [0.05, 0.1) is 5.60 Å². The van der Waals surface area contributed by atoms with Crippen molar-refractivity contribution in [2.45, 2.75) is 56.9 Å². The van der Waals surface area contributed by atoms with Crippen LogP contribution in [0, 0.1) is 0 Å². The fourth-order valence-electron chi connectivity index (χ4n) is 1.53. The van der Waals surface area contributed by atoms with E-state index in [1.807, 2.05) is 20.8 Å². The summed E-state index contributed by atoms with van der Waals surface area (Å²) in [6, 6.07) is 0.171. The summed E-state index contributed by atoms with van der Waals surface area (Å²) in [4.78, 5) is 0. The van der Waals surface area contributed by atoms with Crippen molar-refractivity contribution in [3.8, 4) is 0 Å². The Morgan fingerprint density at radius 2 is 2.21 bits per heavy atom. The molecule has 2 atom stereocenters. The standard InChI is InChI=1S/C11H23NOS/c1-9(11(2,3)13)12-8-10-6-4-5-7-14-10/h9-10,12-13H,4-8H2,1-3H3. The molecule has 2 unspecified atom stereocenters. The second kappa shape index (κ2) is 5.38. The minimum atomic E-state index is -0.612. The number of hydrogen-bond acceptors (Lipinski definition) is 3. The highest BCUT2D eigenvalue weighted by Crippen LogP contribution is 2.24. The molecule has 1 heterocycles. The number of rotatable bonds is 4. The molecule has 3 heteroatoms. The molecule has 1 aliphatic heterocycles. The summed E-state index contributed by atoms with van der Waals surface area (Å²) in [6.07, 6.45) is 4.08. The molecule has 0 aromatic heterocycles. The molecule has 2 N–H and O–H groups in total. The third kappa shape index (κ3) is 4.20. The normalized spacial score (nSPS) is 26.1. The highest BCUT2D eigenvalue weighted by molar-refractivity contribution is 7.99. The average molecular weight is 217 g/mol. The second-order valence-corrected chi connectivity index (χ2v) is 6.18. The zero-order chi connectivity index (χ0) is 10.6. The second-order valence-electron chi connectivity index (χ2n) is 4.77. The van der Waals surface area contributed by atoms with E-state index in [4.69, 9.17) is 0 Å². The molecular weight excluding hydrogens is 194 g/mol. The molecule has 0 spiro atoms. The Labute approximate surface area is 91.9 Å². The van der Waals surface area contributed by atoms with E-state index in [1.165, 1.54) is 25.0 Å². The van der Waals surface area contributed by atoms with E-state index in [2.05, 4.69) is 17.1 Å². The number of thioether (sulfide) groups is 1. The van der Waals surface area contributed by atoms with Crippen LogP contribution in [-0.4, -0.2) is 34.3 Å². The van der Waals surface area contributed by atoms with Crippen LogP contribution >= 0.6 is 11.8 Å². The summed E-state index contributed by atoms with van der Waals surface area (Å²) < 4.78 is 0. The van der Waals surface area contributed by atoms with Gasteiger partial charge in [0, 0.05) is 17.8 Å². The molecule has 1 fully saturated rings. The van der Waals surface area contributed by atoms with Gasteiger partial charge in [0.15, 0.2) is 0 Å². The van der Waals surface area contributed by atoms with Gasteiger partial charge in [-0.05, 0) is 39.4 Å². The van der Waals surface area contributed by atoms with E-state index in [-0.39, 0.29) is 6.04 Å². The lowest BCUT2D eigenvalue weighted by molar-refractivity contribution is 0.0445. The first kappa shape index (κ1) is 12.3. The van der Waals surface area contributed by atoms with Crippen LogP contribution in [0.5, 0.6) is 0 Å². The largest absolute Gasteiger partial charge is 0.389 e. The monoisotopic (exact) mass is 217 g/mol. The molecule has 1 aliphatic rings. The van der Waals surface area contributed by atoms with Crippen molar-refractivity contribution >= 4 is 11.8 Å². The first-order valence-electron chi connectivity index (χ1n) is 5.57. The van der Waals surface area contributed by atoms with Gasteiger partial charge in [-0.1, -0.05) is 6.42 Å². The van der Waals surface area contributed by atoms with E-state index in [9.17, 15) is 5.11 Å². The minimum absolute atomic E-state index is 0.171. The van der Waals surface area contributed by atoms with Gasteiger partial charge in [0.25, 0.3) is 0 Å². The molecule has 84 valence electrons. The first-order chi connectivity index (χ1) is 6.50. The van der Waals surface area contributed by atoms with E-state index in [0.717, 1.165) is 11.8 Å². The highest BCUT2D eigenvalue weighted by Gasteiger charge is 2.23. The van der Waals surface area contributed by atoms with Gasteiger partial charge < -0.3 is 10.4 Å². The van der Waals surface area contributed by atoms with Crippen molar-refractivity contribution in [1.29, 1.82) is 0 Å². The van der Waals surface area contributed by atoms with Gasteiger partial charge in [-0.25, -0.2) is 0 Å². The summed E-state index contributed by atoms with van der Waals surface area (Å²) >= 11 is 2.07. The van der Waals surface area contributed by atoms with Crippen LogP contribution in [0.25, 0.3) is 0 Å². The Morgan fingerprint density at radius 1 is 1.50 bits per heavy atom. The first-order valence-corrected chi connectivity index (χ1v) is 6.62. The van der Waals surface area contributed by atoms with Crippen molar-refractivity contribution in [3.05, 3.63) is 0 Å². The van der Waals surface area contributed by atoms with E-state index < -0.39 is 5.60 Å². The smallest absolute Gasteiger partial charge is 0.0741 e. The lowest BCUT2D eigenvalue weighted by Crippen LogP contribution is -2.46. The Bertz CT molecular complexity index is 161. The van der Waals surface area contributed by atoms with Crippen LogP contribution in [0.15, 0.2) is 0 Å². The van der Waals surface area contributed by atoms with Gasteiger partial charge in [0.2, 0.25) is 0 Å². The summed E-state index contributed by atoms with van der Waals surface area (Å²) in [5, 5.41) is 13.9. The van der Waals surface area contributed by atoms with Crippen LogP contribution in [0.3, 0.4) is 0 Å². The molecule has 0 radical (unpaired) electrons. The zero-order valence-electron chi connectivity index (χ0n) is 9.55. The SMILES string of the molecule is CC(NCC1CCCCS1)C(C)(C)O. The fourth-order valence-corrected chi connectivity index (χ4v) is 2.78. The molecule has 0 aliphatic carbocycles. The molecule has 0 amide bonds. The van der Waals surface area contributed by atoms with Gasteiger partial charge in [-0.15, -0.1) is 0 Å². The maximum atomic E-state index is 9.75. The van der Waals surface area contributed by atoms with E-state index >= 15 is 0 Å². The van der Waals surface area contributed by atoms with Crippen LogP contribution in [0.1, 0.15) is 40.0 Å². The quantitative estimate of drug-likeness (QED) is 0.755. The van der Waals surface area contributed by atoms with Crippen LogP contribution in [-0.2, 0) is 0 Å². The maximum absolute atomic E-state index is 9.75. The predicted molar refractivity (Wildman–Crippen MR) is 63.9 cm³/mol. The lowest BCUT2D eigenvalue weighted by Gasteiger charge is -2.29. The Hall–Kier alpha value is 0.270. The summed E-state index contributed by atoms with van der Waals surface area (Å²) in [5.74, 6) is 1.31. The number of aliphatic hydroxyl groups is 1. The van der Waals surface area contributed by atoms with Crippen LogP contribution in [0.2, 0.25) is 0 Å². The highest BCUT2D eigenvalue weighted by atomic mass is 32.2. The van der Waals surface area contributed by atoms with Gasteiger partial charge in [0.1, 0.15) is 0 Å². The van der Waals surface area contributed by atoms with E-state index in [0.29, 0.717) is 0 Å². The molecule has 0 bridgehead atoms. The average Bonchev–Trinajstić information content (AvgIpc) is 2.14. The van der Waals surface area contributed by atoms with Crippen molar-refractivity contribution < 1.29 is 5.11 Å². The van der Waals surface area contributed by atoms with Crippen LogP contribution in [0.4, 0.5) is 0 Å². The Balaban J connectivity index is 2.19.